The summed E-state index contributed by atoms with van der Waals surface area (Å²) in [6, 6.07) is 12.7. The molecule has 0 bridgehead atoms. The predicted octanol–water partition coefficient (Wildman–Crippen LogP) is 3.10. The summed E-state index contributed by atoms with van der Waals surface area (Å²) in [5.41, 5.74) is 4.81. The van der Waals surface area contributed by atoms with Crippen LogP contribution in [0.25, 0.3) is 0 Å². The Morgan fingerprint density at radius 3 is 2.80 bits per heavy atom. The van der Waals surface area contributed by atoms with Crippen molar-refractivity contribution in [3.63, 3.8) is 0 Å². The van der Waals surface area contributed by atoms with Crippen molar-refractivity contribution < 1.29 is 4.79 Å². The first-order valence-corrected chi connectivity index (χ1v) is 13.4. The van der Waals surface area contributed by atoms with E-state index in [1.807, 2.05) is 25.1 Å². The molecule has 0 spiro atoms. The highest BCUT2D eigenvalue weighted by Gasteiger charge is 2.22. The van der Waals surface area contributed by atoms with Gasteiger partial charge in [0.2, 0.25) is 5.91 Å². The second kappa shape index (κ2) is 13.6. The van der Waals surface area contributed by atoms with Gasteiger partial charge in [0, 0.05) is 37.6 Å². The van der Waals surface area contributed by atoms with E-state index >= 15 is 0 Å². The van der Waals surface area contributed by atoms with E-state index in [1.165, 1.54) is 48.9 Å². The van der Waals surface area contributed by atoms with Crippen molar-refractivity contribution >= 4 is 11.6 Å². The number of amides is 1. The predicted molar refractivity (Wildman–Crippen MR) is 142 cm³/mol. The van der Waals surface area contributed by atoms with Crippen LogP contribution in [-0.4, -0.2) is 49.3 Å². The summed E-state index contributed by atoms with van der Waals surface area (Å²) in [6.07, 6.45) is 10.8. The molecule has 7 nitrogen and oxygen atoms in total. The minimum Gasteiger partial charge on any atom is -0.358 e. The Morgan fingerprint density at radius 2 is 1.97 bits per heavy atom. The number of carbonyl (C=O) groups is 1. The lowest BCUT2D eigenvalue weighted by molar-refractivity contribution is -0.122. The fraction of sp³-hybridized carbons (Fsp3) is 0.571. The smallest absolute Gasteiger partial charge is 0.237 e. The molecule has 1 atom stereocenters. The molecule has 1 aliphatic carbocycles. The van der Waals surface area contributed by atoms with E-state index in [2.05, 4.69) is 49.4 Å². The van der Waals surface area contributed by atoms with Crippen molar-refractivity contribution in [2.45, 2.75) is 77.0 Å². The molecule has 4 N–H and O–H groups in total. The Bertz CT molecular complexity index is 915. The summed E-state index contributed by atoms with van der Waals surface area (Å²) in [7, 11) is 0. The maximum Gasteiger partial charge on any atom is 0.237 e. The normalized spacial score (nSPS) is 16.8. The number of hydrogen-bond acceptors (Lipinski definition) is 6. The number of hydrogen-bond donors (Lipinski definition) is 4. The molecule has 190 valence electrons. The maximum atomic E-state index is 12.6. The minimum atomic E-state index is -0.276. The van der Waals surface area contributed by atoms with Gasteiger partial charge in [-0.25, -0.2) is 0 Å². The number of aromatic nitrogens is 1. The van der Waals surface area contributed by atoms with E-state index in [-0.39, 0.29) is 11.9 Å². The third-order valence-electron chi connectivity index (χ3n) is 7.25. The van der Waals surface area contributed by atoms with E-state index < -0.39 is 0 Å². The summed E-state index contributed by atoms with van der Waals surface area (Å²) in [5, 5.41) is 13.7. The Balaban J connectivity index is 1.16. The highest BCUT2D eigenvalue weighted by molar-refractivity contribution is 5.81. The van der Waals surface area contributed by atoms with Crippen molar-refractivity contribution in [3.8, 4) is 0 Å². The third kappa shape index (κ3) is 7.75. The Hall–Kier alpha value is -2.48. The fourth-order valence-electron chi connectivity index (χ4n) is 5.13. The van der Waals surface area contributed by atoms with Crippen LogP contribution in [0.2, 0.25) is 0 Å². The maximum absolute atomic E-state index is 12.6. The van der Waals surface area contributed by atoms with Crippen LogP contribution in [0.3, 0.4) is 0 Å². The number of nitrogens with zero attached hydrogens (tertiary/aromatic N) is 2. The average Bonchev–Trinajstić information content (AvgIpc) is 3.32. The molecule has 1 aromatic carbocycles. The van der Waals surface area contributed by atoms with Gasteiger partial charge in [0.25, 0.3) is 0 Å². The van der Waals surface area contributed by atoms with E-state index in [4.69, 9.17) is 0 Å². The van der Waals surface area contributed by atoms with Crippen molar-refractivity contribution in [2.24, 2.45) is 0 Å². The fourth-order valence-corrected chi connectivity index (χ4v) is 5.13. The van der Waals surface area contributed by atoms with Gasteiger partial charge in [-0.3, -0.25) is 15.1 Å². The van der Waals surface area contributed by atoms with Crippen molar-refractivity contribution in [3.05, 3.63) is 59.4 Å². The molecule has 4 rings (SSSR count). The lowest BCUT2D eigenvalue weighted by Gasteiger charge is -2.23. The number of benzene rings is 1. The SMILES string of the molecule is C[C@H](NCc1ccccn1)C(=O)NCc1cccc2c1CCN2CNCCCNC1CCCCC1. The van der Waals surface area contributed by atoms with Gasteiger partial charge in [-0.1, -0.05) is 37.5 Å². The number of nitrogens with one attached hydrogen (secondary N) is 4. The Morgan fingerprint density at radius 1 is 1.09 bits per heavy atom. The first kappa shape index (κ1) is 25.6. The third-order valence-corrected chi connectivity index (χ3v) is 7.25. The molecule has 1 fully saturated rings. The molecule has 1 aliphatic heterocycles. The van der Waals surface area contributed by atoms with Gasteiger partial charge in [0.1, 0.15) is 0 Å². The van der Waals surface area contributed by atoms with Gasteiger partial charge in [-0.15, -0.1) is 0 Å². The van der Waals surface area contributed by atoms with Crippen LogP contribution in [0.15, 0.2) is 42.6 Å². The van der Waals surface area contributed by atoms with Crippen LogP contribution in [0, 0.1) is 0 Å². The van der Waals surface area contributed by atoms with Gasteiger partial charge in [-0.2, -0.15) is 0 Å². The van der Waals surface area contributed by atoms with E-state index in [9.17, 15) is 4.79 Å². The van der Waals surface area contributed by atoms with Crippen molar-refractivity contribution in [2.75, 3.05) is 31.2 Å². The van der Waals surface area contributed by atoms with Crippen LogP contribution in [0.1, 0.15) is 62.3 Å². The summed E-state index contributed by atoms with van der Waals surface area (Å²) in [4.78, 5) is 19.3. The van der Waals surface area contributed by atoms with Crippen LogP contribution in [-0.2, 0) is 24.3 Å². The molecule has 0 unspecified atom stereocenters. The molecule has 0 radical (unpaired) electrons. The van der Waals surface area contributed by atoms with Gasteiger partial charge in [0.15, 0.2) is 0 Å². The molecular formula is C28H42N6O. The average molecular weight is 479 g/mol. The van der Waals surface area contributed by atoms with Crippen LogP contribution in [0.4, 0.5) is 5.69 Å². The lowest BCUT2D eigenvalue weighted by Crippen LogP contribution is -2.41. The highest BCUT2D eigenvalue weighted by atomic mass is 16.2. The summed E-state index contributed by atoms with van der Waals surface area (Å²) in [5.74, 6) is 0.0110. The summed E-state index contributed by atoms with van der Waals surface area (Å²) >= 11 is 0. The van der Waals surface area contributed by atoms with Gasteiger partial charge in [0.05, 0.1) is 18.4 Å². The van der Waals surface area contributed by atoms with E-state index in [0.29, 0.717) is 13.1 Å². The van der Waals surface area contributed by atoms with Gasteiger partial charge >= 0.3 is 0 Å². The van der Waals surface area contributed by atoms with Gasteiger partial charge in [-0.05, 0) is 75.0 Å². The molecule has 1 saturated carbocycles. The summed E-state index contributed by atoms with van der Waals surface area (Å²) in [6.45, 7) is 7.07. The molecule has 1 amide bonds. The number of carbonyl (C=O) groups excluding carboxylic acids is 1. The van der Waals surface area contributed by atoms with Gasteiger partial charge < -0.3 is 20.9 Å². The highest BCUT2D eigenvalue weighted by Crippen LogP contribution is 2.30. The molecule has 35 heavy (non-hydrogen) atoms. The molecule has 7 heteroatoms. The van der Waals surface area contributed by atoms with Crippen LogP contribution >= 0.6 is 0 Å². The number of fused-ring (bicyclic) bond motifs is 1. The van der Waals surface area contributed by atoms with Crippen LogP contribution < -0.4 is 26.2 Å². The molecular weight excluding hydrogens is 436 g/mol. The van der Waals surface area contributed by atoms with E-state index in [0.717, 1.165) is 50.9 Å². The van der Waals surface area contributed by atoms with Crippen LogP contribution in [0.5, 0.6) is 0 Å². The number of rotatable bonds is 13. The Labute approximate surface area is 210 Å². The zero-order valence-corrected chi connectivity index (χ0v) is 21.2. The lowest BCUT2D eigenvalue weighted by atomic mass is 9.95. The van der Waals surface area contributed by atoms with Crippen molar-refractivity contribution in [1.82, 2.24) is 26.3 Å². The largest absolute Gasteiger partial charge is 0.358 e. The first-order valence-electron chi connectivity index (χ1n) is 13.4. The molecule has 2 heterocycles. The minimum absolute atomic E-state index is 0.0110. The second-order valence-electron chi connectivity index (χ2n) is 9.87. The standard InChI is InChI=1S/C28H42N6O/c1-22(32-20-25-12-5-6-16-31-25)28(35)33-19-23-9-7-13-27-26(23)14-18-34(27)21-29-15-8-17-30-24-10-3-2-4-11-24/h5-7,9,12-13,16,22,24,29-30,32H,2-4,8,10-11,14-15,17-21H2,1H3,(H,33,35)/t22-/m0/s1. The monoisotopic (exact) mass is 478 g/mol. The quantitative estimate of drug-likeness (QED) is 0.331. The Kier molecular flexibility index (Phi) is 9.93. The molecule has 0 saturated heterocycles. The zero-order chi connectivity index (χ0) is 24.3. The first-order chi connectivity index (χ1) is 17.2. The molecule has 1 aromatic heterocycles. The zero-order valence-electron chi connectivity index (χ0n) is 21.2. The second-order valence-corrected chi connectivity index (χ2v) is 9.87. The number of anilines is 1. The van der Waals surface area contributed by atoms with Crippen molar-refractivity contribution in [1.29, 1.82) is 0 Å². The van der Waals surface area contributed by atoms with E-state index in [1.54, 1.807) is 6.20 Å². The molecule has 2 aromatic rings. The topological polar surface area (TPSA) is 81.3 Å². The number of pyridine rings is 1. The molecule has 2 aliphatic rings. The summed E-state index contributed by atoms with van der Waals surface area (Å²) < 4.78 is 0.